The number of nitrogens with one attached hydrogen (secondary N) is 1. The standard InChI is InChI=1S/C16H18BrClN2/c1-10-6-14(7-11(2)16(10)17)20-15(9-19)12-4-3-5-13(18)8-12/h3-8,15,20H,9,19H2,1-2H3. The molecule has 0 saturated heterocycles. The predicted octanol–water partition coefficient (Wildman–Crippen LogP) is 4.83. The van der Waals surface area contributed by atoms with Gasteiger partial charge in [0.25, 0.3) is 0 Å². The zero-order chi connectivity index (χ0) is 14.7. The molecule has 2 nitrogen and oxygen atoms in total. The van der Waals surface area contributed by atoms with Crippen molar-refractivity contribution < 1.29 is 0 Å². The molecule has 0 amide bonds. The monoisotopic (exact) mass is 352 g/mol. The Morgan fingerprint density at radius 2 is 1.85 bits per heavy atom. The summed E-state index contributed by atoms with van der Waals surface area (Å²) < 4.78 is 1.15. The van der Waals surface area contributed by atoms with Gasteiger partial charge in [0.2, 0.25) is 0 Å². The van der Waals surface area contributed by atoms with Gasteiger partial charge >= 0.3 is 0 Å². The molecule has 4 heteroatoms. The Labute approximate surface area is 133 Å². The molecule has 0 aliphatic carbocycles. The van der Waals surface area contributed by atoms with Gasteiger partial charge in [0, 0.05) is 21.7 Å². The van der Waals surface area contributed by atoms with E-state index < -0.39 is 0 Å². The Kier molecular flexibility index (Phi) is 5.08. The van der Waals surface area contributed by atoms with Crippen LogP contribution in [0.5, 0.6) is 0 Å². The molecule has 0 spiro atoms. The summed E-state index contributed by atoms with van der Waals surface area (Å²) in [6.45, 7) is 4.67. The number of nitrogens with two attached hydrogens (primary N) is 1. The molecule has 0 saturated carbocycles. The van der Waals surface area contributed by atoms with Crippen molar-refractivity contribution in [3.8, 4) is 0 Å². The molecule has 0 aliphatic heterocycles. The maximum Gasteiger partial charge on any atom is 0.0636 e. The van der Waals surface area contributed by atoms with E-state index in [9.17, 15) is 0 Å². The number of rotatable bonds is 4. The molecule has 0 fully saturated rings. The van der Waals surface area contributed by atoms with Gasteiger partial charge in [-0.15, -0.1) is 0 Å². The van der Waals surface area contributed by atoms with E-state index >= 15 is 0 Å². The van der Waals surface area contributed by atoms with Crippen LogP contribution in [0.4, 0.5) is 5.69 Å². The topological polar surface area (TPSA) is 38.0 Å². The minimum atomic E-state index is 0.0497. The van der Waals surface area contributed by atoms with Crippen LogP contribution in [0.15, 0.2) is 40.9 Å². The fraction of sp³-hybridized carbons (Fsp3) is 0.250. The van der Waals surface area contributed by atoms with Crippen molar-refractivity contribution in [2.75, 3.05) is 11.9 Å². The number of hydrogen-bond donors (Lipinski definition) is 2. The molecule has 0 aromatic heterocycles. The van der Waals surface area contributed by atoms with Crippen LogP contribution in [0.3, 0.4) is 0 Å². The highest BCUT2D eigenvalue weighted by Gasteiger charge is 2.11. The average Bonchev–Trinajstić information content (AvgIpc) is 2.42. The lowest BCUT2D eigenvalue weighted by Crippen LogP contribution is -2.20. The Morgan fingerprint density at radius 1 is 1.20 bits per heavy atom. The predicted molar refractivity (Wildman–Crippen MR) is 90.5 cm³/mol. The van der Waals surface area contributed by atoms with Crippen molar-refractivity contribution in [3.63, 3.8) is 0 Å². The summed E-state index contributed by atoms with van der Waals surface area (Å²) in [7, 11) is 0. The zero-order valence-electron chi connectivity index (χ0n) is 11.6. The molecular formula is C16H18BrClN2. The summed E-state index contributed by atoms with van der Waals surface area (Å²) in [4.78, 5) is 0. The smallest absolute Gasteiger partial charge is 0.0636 e. The van der Waals surface area contributed by atoms with Gasteiger partial charge in [-0.25, -0.2) is 0 Å². The van der Waals surface area contributed by atoms with E-state index in [-0.39, 0.29) is 6.04 Å². The van der Waals surface area contributed by atoms with Crippen molar-refractivity contribution in [3.05, 3.63) is 62.6 Å². The molecule has 106 valence electrons. The van der Waals surface area contributed by atoms with Crippen LogP contribution in [-0.4, -0.2) is 6.54 Å². The van der Waals surface area contributed by atoms with Gasteiger partial charge in [0.1, 0.15) is 0 Å². The van der Waals surface area contributed by atoms with E-state index in [1.165, 1.54) is 11.1 Å². The highest BCUT2D eigenvalue weighted by molar-refractivity contribution is 9.10. The first kappa shape index (κ1) is 15.4. The first-order valence-corrected chi connectivity index (χ1v) is 7.67. The number of hydrogen-bond acceptors (Lipinski definition) is 2. The minimum Gasteiger partial charge on any atom is -0.377 e. The molecule has 1 unspecified atom stereocenters. The van der Waals surface area contributed by atoms with Crippen LogP contribution in [0.25, 0.3) is 0 Å². The second kappa shape index (κ2) is 6.61. The van der Waals surface area contributed by atoms with Crippen LogP contribution in [-0.2, 0) is 0 Å². The van der Waals surface area contributed by atoms with E-state index in [1.54, 1.807) is 0 Å². The Hall–Kier alpha value is -1.03. The van der Waals surface area contributed by atoms with Crippen LogP contribution in [0, 0.1) is 13.8 Å². The summed E-state index contributed by atoms with van der Waals surface area (Å²) in [5.41, 5.74) is 10.5. The molecule has 0 heterocycles. The number of anilines is 1. The maximum absolute atomic E-state index is 6.05. The molecule has 1 atom stereocenters. The van der Waals surface area contributed by atoms with Gasteiger partial charge in [0.05, 0.1) is 6.04 Å². The van der Waals surface area contributed by atoms with Crippen molar-refractivity contribution in [1.82, 2.24) is 0 Å². The van der Waals surface area contributed by atoms with Gasteiger partial charge in [-0.3, -0.25) is 0 Å². The fourth-order valence-corrected chi connectivity index (χ4v) is 2.66. The first-order chi connectivity index (χ1) is 9.51. The lowest BCUT2D eigenvalue weighted by Gasteiger charge is -2.20. The van der Waals surface area contributed by atoms with Gasteiger partial charge in [-0.05, 0) is 54.8 Å². The van der Waals surface area contributed by atoms with Gasteiger partial charge < -0.3 is 11.1 Å². The number of benzene rings is 2. The van der Waals surface area contributed by atoms with Crippen molar-refractivity contribution in [1.29, 1.82) is 0 Å². The van der Waals surface area contributed by atoms with Crippen molar-refractivity contribution in [2.45, 2.75) is 19.9 Å². The maximum atomic E-state index is 6.05. The zero-order valence-corrected chi connectivity index (χ0v) is 13.9. The average molecular weight is 354 g/mol. The van der Waals surface area contributed by atoms with E-state index in [4.69, 9.17) is 17.3 Å². The largest absolute Gasteiger partial charge is 0.377 e. The van der Waals surface area contributed by atoms with Gasteiger partial charge in [-0.2, -0.15) is 0 Å². The summed E-state index contributed by atoms with van der Waals surface area (Å²) in [6, 6.07) is 12.1. The third kappa shape index (κ3) is 3.54. The highest BCUT2D eigenvalue weighted by atomic mass is 79.9. The van der Waals surface area contributed by atoms with Crippen LogP contribution in [0.1, 0.15) is 22.7 Å². The number of halogens is 2. The summed E-state index contributed by atoms with van der Waals surface area (Å²) in [5.74, 6) is 0. The SMILES string of the molecule is Cc1cc(NC(CN)c2cccc(Cl)c2)cc(C)c1Br. The molecule has 2 rings (SSSR count). The summed E-state index contributed by atoms with van der Waals surface area (Å²) in [6.07, 6.45) is 0. The third-order valence-electron chi connectivity index (χ3n) is 3.26. The summed E-state index contributed by atoms with van der Waals surface area (Å²) in [5, 5.41) is 4.20. The molecule has 0 radical (unpaired) electrons. The molecule has 20 heavy (non-hydrogen) atoms. The highest BCUT2D eigenvalue weighted by Crippen LogP contribution is 2.28. The fourth-order valence-electron chi connectivity index (χ4n) is 2.23. The Balaban J connectivity index is 2.27. The molecular weight excluding hydrogens is 336 g/mol. The van der Waals surface area contributed by atoms with Crippen LogP contribution < -0.4 is 11.1 Å². The van der Waals surface area contributed by atoms with E-state index in [0.29, 0.717) is 6.54 Å². The second-order valence-corrected chi connectivity index (χ2v) is 6.14. The summed E-state index contributed by atoms with van der Waals surface area (Å²) >= 11 is 9.63. The van der Waals surface area contributed by atoms with Crippen molar-refractivity contribution >= 4 is 33.2 Å². The van der Waals surface area contributed by atoms with Gasteiger partial charge in [-0.1, -0.05) is 39.7 Å². The van der Waals surface area contributed by atoms with E-state index in [2.05, 4.69) is 47.2 Å². The molecule has 2 aromatic carbocycles. The first-order valence-electron chi connectivity index (χ1n) is 6.50. The van der Waals surface area contributed by atoms with Crippen LogP contribution in [0.2, 0.25) is 5.02 Å². The quantitative estimate of drug-likeness (QED) is 0.826. The van der Waals surface area contributed by atoms with Crippen LogP contribution >= 0.6 is 27.5 Å². The molecule has 2 aromatic rings. The third-order valence-corrected chi connectivity index (χ3v) is 4.75. The van der Waals surface area contributed by atoms with E-state index in [0.717, 1.165) is 20.7 Å². The lowest BCUT2D eigenvalue weighted by atomic mass is 10.1. The van der Waals surface area contributed by atoms with Crippen molar-refractivity contribution in [2.24, 2.45) is 5.73 Å². The van der Waals surface area contributed by atoms with E-state index in [1.807, 2.05) is 24.3 Å². The Bertz CT molecular complexity index is 590. The molecule has 0 bridgehead atoms. The van der Waals surface area contributed by atoms with Gasteiger partial charge in [0.15, 0.2) is 0 Å². The lowest BCUT2D eigenvalue weighted by molar-refractivity contribution is 0.789. The minimum absolute atomic E-state index is 0.0497. The normalized spacial score (nSPS) is 12.2. The molecule has 0 aliphatic rings. The molecule has 3 N–H and O–H groups in total. The number of aryl methyl sites for hydroxylation is 2. The Morgan fingerprint density at radius 3 is 2.40 bits per heavy atom. The second-order valence-electron chi connectivity index (χ2n) is 4.91.